The van der Waals surface area contributed by atoms with Gasteiger partial charge in [0, 0.05) is 10.2 Å². The summed E-state index contributed by atoms with van der Waals surface area (Å²) in [5.74, 6) is 1.84. The fourth-order valence-electron chi connectivity index (χ4n) is 2.17. The first-order valence-corrected chi connectivity index (χ1v) is 8.24. The van der Waals surface area contributed by atoms with E-state index in [1.807, 2.05) is 23.9 Å². The van der Waals surface area contributed by atoms with E-state index in [1.165, 1.54) is 12.2 Å². The molecule has 2 rings (SSSR count). The first-order chi connectivity index (χ1) is 8.72. The number of guanidine groups is 1. The molecular formula is C13H18BrN3S. The average molecular weight is 328 g/mol. The Morgan fingerprint density at radius 1 is 1.44 bits per heavy atom. The van der Waals surface area contributed by atoms with Crippen molar-refractivity contribution in [3.63, 3.8) is 0 Å². The first-order valence-electron chi connectivity index (χ1n) is 6.06. The molecule has 1 aliphatic rings. The van der Waals surface area contributed by atoms with Crippen LogP contribution in [0, 0.1) is 0 Å². The second kappa shape index (κ2) is 6.48. The van der Waals surface area contributed by atoms with Crippen molar-refractivity contribution in [2.45, 2.75) is 18.9 Å². The molecule has 0 saturated heterocycles. The number of thioether (sulfide) groups is 1. The van der Waals surface area contributed by atoms with Gasteiger partial charge in [-0.2, -0.15) is 11.8 Å². The molecule has 0 aromatic heterocycles. The summed E-state index contributed by atoms with van der Waals surface area (Å²) in [4.78, 5) is 6.54. The number of nitrogens with zero attached hydrogens (tertiary/aromatic N) is 2. The Kier molecular flexibility index (Phi) is 4.95. The van der Waals surface area contributed by atoms with Crippen LogP contribution in [-0.4, -0.2) is 30.6 Å². The number of benzene rings is 1. The Hall–Kier alpha value is -0.680. The summed E-state index contributed by atoms with van der Waals surface area (Å²) in [7, 11) is 0. The maximum atomic E-state index is 6.00. The highest BCUT2D eigenvalue weighted by atomic mass is 79.9. The van der Waals surface area contributed by atoms with Gasteiger partial charge in [-0.25, -0.2) is 0 Å². The predicted octanol–water partition coefficient (Wildman–Crippen LogP) is 3.10. The molecule has 0 spiro atoms. The molecule has 5 heteroatoms. The zero-order valence-corrected chi connectivity index (χ0v) is 12.9. The Morgan fingerprint density at radius 2 is 2.17 bits per heavy atom. The van der Waals surface area contributed by atoms with Gasteiger partial charge in [-0.05, 0) is 49.1 Å². The number of rotatable bonds is 5. The summed E-state index contributed by atoms with van der Waals surface area (Å²) in [5, 5.41) is 0. The lowest BCUT2D eigenvalue weighted by Gasteiger charge is -2.26. The van der Waals surface area contributed by atoms with Gasteiger partial charge in [-0.3, -0.25) is 4.99 Å². The summed E-state index contributed by atoms with van der Waals surface area (Å²) in [5.41, 5.74) is 7.13. The molecule has 18 heavy (non-hydrogen) atoms. The zero-order chi connectivity index (χ0) is 13.0. The van der Waals surface area contributed by atoms with Crippen molar-refractivity contribution < 1.29 is 0 Å². The van der Waals surface area contributed by atoms with Crippen molar-refractivity contribution in [2.75, 3.05) is 23.5 Å². The van der Waals surface area contributed by atoms with Gasteiger partial charge in [0.2, 0.25) is 0 Å². The van der Waals surface area contributed by atoms with E-state index in [-0.39, 0.29) is 0 Å². The summed E-state index contributed by atoms with van der Waals surface area (Å²) < 4.78 is 1.08. The molecule has 0 aliphatic carbocycles. The topological polar surface area (TPSA) is 41.6 Å². The number of halogens is 1. The van der Waals surface area contributed by atoms with Crippen molar-refractivity contribution in [1.82, 2.24) is 0 Å². The molecule has 0 fully saturated rings. The summed E-state index contributed by atoms with van der Waals surface area (Å²) in [6.07, 6.45) is 4.49. The summed E-state index contributed by atoms with van der Waals surface area (Å²) in [6, 6.07) is 8.66. The molecule has 0 amide bonds. The van der Waals surface area contributed by atoms with Gasteiger partial charge in [-0.15, -0.1) is 0 Å². The van der Waals surface area contributed by atoms with Gasteiger partial charge < -0.3 is 10.6 Å². The van der Waals surface area contributed by atoms with E-state index in [0.717, 1.165) is 23.1 Å². The molecule has 2 N–H and O–H groups in total. The van der Waals surface area contributed by atoms with Crippen molar-refractivity contribution in [3.8, 4) is 0 Å². The lowest BCUT2D eigenvalue weighted by atomic mass is 10.1. The van der Waals surface area contributed by atoms with Crippen molar-refractivity contribution in [3.05, 3.63) is 28.7 Å². The van der Waals surface area contributed by atoms with E-state index in [0.29, 0.717) is 12.0 Å². The third kappa shape index (κ3) is 3.20. The van der Waals surface area contributed by atoms with Gasteiger partial charge in [0.15, 0.2) is 5.96 Å². The minimum absolute atomic E-state index is 0.415. The van der Waals surface area contributed by atoms with Crippen LogP contribution in [0.2, 0.25) is 0 Å². The summed E-state index contributed by atoms with van der Waals surface area (Å²) in [6.45, 7) is 0.816. The lowest BCUT2D eigenvalue weighted by Crippen LogP contribution is -2.40. The van der Waals surface area contributed by atoms with E-state index in [4.69, 9.17) is 5.73 Å². The minimum Gasteiger partial charge on any atom is -0.370 e. The van der Waals surface area contributed by atoms with Crippen LogP contribution in [0.4, 0.5) is 5.69 Å². The van der Waals surface area contributed by atoms with Crippen LogP contribution < -0.4 is 10.6 Å². The van der Waals surface area contributed by atoms with Crippen LogP contribution in [0.1, 0.15) is 12.8 Å². The monoisotopic (exact) mass is 327 g/mol. The fourth-order valence-corrected chi connectivity index (χ4v) is 2.89. The van der Waals surface area contributed by atoms with E-state index < -0.39 is 0 Å². The van der Waals surface area contributed by atoms with Gasteiger partial charge in [0.1, 0.15) is 0 Å². The molecule has 3 nitrogen and oxygen atoms in total. The Balaban J connectivity index is 2.07. The molecule has 0 saturated carbocycles. The largest absolute Gasteiger partial charge is 0.370 e. The minimum atomic E-state index is 0.415. The first kappa shape index (κ1) is 13.7. The second-order valence-electron chi connectivity index (χ2n) is 4.33. The van der Waals surface area contributed by atoms with Crippen LogP contribution in [0.25, 0.3) is 0 Å². The molecule has 0 radical (unpaired) electrons. The number of anilines is 1. The van der Waals surface area contributed by atoms with Crippen LogP contribution in [-0.2, 0) is 0 Å². The molecule has 0 bridgehead atoms. The Labute approximate surface area is 121 Å². The quantitative estimate of drug-likeness (QED) is 0.845. The van der Waals surface area contributed by atoms with Crippen LogP contribution in [0.15, 0.2) is 33.7 Å². The molecule has 98 valence electrons. The zero-order valence-electron chi connectivity index (χ0n) is 10.5. The Bertz CT molecular complexity index is 419. The third-order valence-electron chi connectivity index (χ3n) is 3.07. The lowest BCUT2D eigenvalue weighted by molar-refractivity contribution is 0.635. The maximum Gasteiger partial charge on any atom is 0.196 e. The maximum absolute atomic E-state index is 6.00. The summed E-state index contributed by atoms with van der Waals surface area (Å²) >= 11 is 5.34. The van der Waals surface area contributed by atoms with E-state index in [9.17, 15) is 0 Å². The Morgan fingerprint density at radius 3 is 2.83 bits per heavy atom. The average Bonchev–Trinajstić information content (AvgIpc) is 2.72. The van der Waals surface area contributed by atoms with Crippen LogP contribution in [0.3, 0.4) is 0 Å². The van der Waals surface area contributed by atoms with Crippen molar-refractivity contribution in [1.29, 1.82) is 0 Å². The van der Waals surface area contributed by atoms with Gasteiger partial charge in [0.05, 0.1) is 12.6 Å². The normalized spacial score (nSPS) is 19.1. The highest BCUT2D eigenvalue weighted by molar-refractivity contribution is 9.10. The van der Waals surface area contributed by atoms with Crippen LogP contribution >= 0.6 is 27.7 Å². The van der Waals surface area contributed by atoms with Crippen molar-refractivity contribution in [2.24, 2.45) is 10.7 Å². The van der Waals surface area contributed by atoms with Crippen LogP contribution in [0.5, 0.6) is 0 Å². The standard InChI is InChI=1S/C13H18BrN3S/c1-18-8-2-3-12-9-16-13(15)17(12)11-6-4-10(14)5-7-11/h4-7,12H,2-3,8-9H2,1H3,(H2,15,16). The molecule has 1 heterocycles. The van der Waals surface area contributed by atoms with E-state index in [1.54, 1.807) is 0 Å². The van der Waals surface area contributed by atoms with E-state index in [2.05, 4.69) is 44.2 Å². The molecule has 1 unspecified atom stereocenters. The SMILES string of the molecule is CSCCCC1CN=C(N)N1c1ccc(Br)cc1. The highest BCUT2D eigenvalue weighted by Crippen LogP contribution is 2.25. The highest BCUT2D eigenvalue weighted by Gasteiger charge is 2.26. The molecule has 1 aromatic rings. The van der Waals surface area contributed by atoms with E-state index >= 15 is 0 Å². The molecular weight excluding hydrogens is 310 g/mol. The molecule has 1 atom stereocenters. The molecule has 1 aromatic carbocycles. The number of aliphatic imine (C=N–C) groups is 1. The predicted molar refractivity (Wildman–Crippen MR) is 84.5 cm³/mol. The fraction of sp³-hybridized carbons (Fsp3) is 0.462. The van der Waals surface area contributed by atoms with Gasteiger partial charge in [0.25, 0.3) is 0 Å². The third-order valence-corrected chi connectivity index (χ3v) is 4.29. The number of hydrogen-bond donors (Lipinski definition) is 1. The molecule has 1 aliphatic heterocycles. The number of hydrogen-bond acceptors (Lipinski definition) is 4. The van der Waals surface area contributed by atoms with Crippen molar-refractivity contribution >= 4 is 39.3 Å². The second-order valence-corrected chi connectivity index (χ2v) is 6.24. The number of nitrogens with two attached hydrogens (primary N) is 1. The van der Waals surface area contributed by atoms with Gasteiger partial charge in [-0.1, -0.05) is 15.9 Å². The van der Waals surface area contributed by atoms with Gasteiger partial charge >= 0.3 is 0 Å². The smallest absolute Gasteiger partial charge is 0.196 e.